The molecule has 2 saturated heterocycles. The Labute approximate surface area is 172 Å². The molecule has 2 aliphatic rings. The number of benzene rings is 1. The van der Waals surface area contributed by atoms with Crippen molar-refractivity contribution in [1.29, 1.82) is 0 Å². The summed E-state index contributed by atoms with van der Waals surface area (Å²) in [5.74, 6) is 0.445. The van der Waals surface area contributed by atoms with Crippen molar-refractivity contribution in [2.45, 2.75) is 52.4 Å². The maximum atomic E-state index is 13.1. The van der Waals surface area contributed by atoms with Gasteiger partial charge in [0.15, 0.2) is 0 Å². The Morgan fingerprint density at radius 2 is 1.41 bits per heavy atom. The van der Waals surface area contributed by atoms with Gasteiger partial charge >= 0.3 is 15.6 Å². The molecule has 1 N–H and O–H groups in total. The van der Waals surface area contributed by atoms with Crippen LogP contribution in [0.15, 0.2) is 18.2 Å². The summed E-state index contributed by atoms with van der Waals surface area (Å²) in [6.45, 7) is 12.3. The van der Waals surface area contributed by atoms with E-state index in [4.69, 9.17) is 22.6 Å². The van der Waals surface area contributed by atoms with Gasteiger partial charge in [0, 0.05) is 5.56 Å². The van der Waals surface area contributed by atoms with Crippen molar-refractivity contribution in [2.75, 3.05) is 26.4 Å². The summed E-state index contributed by atoms with van der Waals surface area (Å²) in [4.78, 5) is 9.32. The lowest BCUT2D eigenvalue weighted by molar-refractivity contribution is -0.0866. The molecule has 0 unspecified atom stereocenters. The molecule has 3 rings (SSSR count). The molecule has 10 heteroatoms. The van der Waals surface area contributed by atoms with E-state index in [9.17, 15) is 14.0 Å². The molecular weight excluding hydrogens is 418 g/mol. The number of rotatable bonds is 2. The number of phosphoric ester groups is 2. The van der Waals surface area contributed by atoms with Gasteiger partial charge in [-0.25, -0.2) is 9.13 Å². The highest BCUT2D eigenvalue weighted by Crippen LogP contribution is 2.58. The lowest BCUT2D eigenvalue weighted by Crippen LogP contribution is -2.45. The van der Waals surface area contributed by atoms with Gasteiger partial charge in [0.05, 0.1) is 31.8 Å². The monoisotopic (exact) mass is 448 g/mol. The van der Waals surface area contributed by atoms with Crippen LogP contribution in [0.5, 0.6) is 5.75 Å². The fraction of sp³-hybridized carbons (Fsp3) is 0.684. The molecule has 29 heavy (non-hydrogen) atoms. The molecule has 164 valence electrons. The van der Waals surface area contributed by atoms with Gasteiger partial charge in [-0.05, 0) is 22.5 Å². The summed E-state index contributed by atoms with van der Waals surface area (Å²) >= 11 is 0. The van der Waals surface area contributed by atoms with Crippen molar-refractivity contribution in [1.82, 2.24) is 0 Å². The molecule has 0 bridgehead atoms. The van der Waals surface area contributed by atoms with Crippen molar-refractivity contribution in [2.24, 2.45) is 5.41 Å². The second-order valence-corrected chi connectivity index (χ2v) is 12.9. The van der Waals surface area contributed by atoms with Crippen LogP contribution in [0.1, 0.15) is 52.7 Å². The van der Waals surface area contributed by atoms with E-state index in [2.05, 4.69) is 47.6 Å². The average Bonchev–Trinajstić information content (AvgIpc) is 2.59. The van der Waals surface area contributed by atoms with Gasteiger partial charge in [-0.15, -0.1) is 0 Å². The summed E-state index contributed by atoms with van der Waals surface area (Å²) in [5, 5.41) is 0. The van der Waals surface area contributed by atoms with Crippen LogP contribution in [0.25, 0.3) is 0 Å². The third-order valence-corrected chi connectivity index (χ3v) is 7.21. The summed E-state index contributed by atoms with van der Waals surface area (Å²) in [6, 6.07) is 5.81. The average molecular weight is 448 g/mol. The molecule has 0 aliphatic carbocycles. The van der Waals surface area contributed by atoms with Gasteiger partial charge in [0.2, 0.25) is 0 Å². The van der Waals surface area contributed by atoms with Crippen LogP contribution in [-0.4, -0.2) is 31.3 Å². The van der Waals surface area contributed by atoms with Crippen molar-refractivity contribution >= 4 is 15.6 Å². The van der Waals surface area contributed by atoms with E-state index in [1.54, 1.807) is 6.07 Å². The molecule has 8 nitrogen and oxygen atoms in total. The predicted molar refractivity (Wildman–Crippen MR) is 108 cm³/mol. The number of hydrogen-bond acceptors (Lipinski definition) is 7. The summed E-state index contributed by atoms with van der Waals surface area (Å²) in [5.41, 5.74) is 0.956. The first kappa shape index (κ1) is 23.0. The van der Waals surface area contributed by atoms with Gasteiger partial charge in [-0.2, -0.15) is 0 Å². The van der Waals surface area contributed by atoms with E-state index in [-0.39, 0.29) is 37.3 Å². The van der Waals surface area contributed by atoms with Crippen molar-refractivity contribution in [3.05, 3.63) is 29.3 Å². The van der Waals surface area contributed by atoms with E-state index < -0.39 is 21.1 Å². The molecule has 0 saturated carbocycles. The van der Waals surface area contributed by atoms with Gasteiger partial charge in [-0.3, -0.25) is 18.1 Å². The van der Waals surface area contributed by atoms with E-state index in [1.165, 1.54) is 0 Å². The molecule has 1 spiro atoms. The fourth-order valence-electron chi connectivity index (χ4n) is 3.03. The van der Waals surface area contributed by atoms with E-state index >= 15 is 0 Å². The quantitative estimate of drug-likeness (QED) is 0.635. The Kier molecular flexibility index (Phi) is 5.90. The Morgan fingerprint density at radius 1 is 0.897 bits per heavy atom. The van der Waals surface area contributed by atoms with Crippen molar-refractivity contribution in [3.8, 4) is 5.75 Å². The fourth-order valence-corrected chi connectivity index (χ4v) is 5.42. The number of phosphoric acid groups is 2. The Balaban J connectivity index is 1.78. The topological polar surface area (TPSA) is 101 Å². The molecule has 0 atom stereocenters. The minimum Gasteiger partial charge on any atom is -0.404 e. The zero-order chi connectivity index (χ0) is 21.7. The van der Waals surface area contributed by atoms with Gasteiger partial charge < -0.3 is 9.42 Å². The molecule has 2 fully saturated rings. The van der Waals surface area contributed by atoms with Crippen LogP contribution in [0, 0.1) is 5.41 Å². The Hall–Kier alpha value is -0.720. The smallest absolute Gasteiger partial charge is 0.404 e. The second-order valence-electron chi connectivity index (χ2n) is 9.81. The van der Waals surface area contributed by atoms with Crippen LogP contribution < -0.4 is 4.52 Å². The largest absolute Gasteiger partial charge is 0.530 e. The maximum absolute atomic E-state index is 13.1. The van der Waals surface area contributed by atoms with E-state index in [0.29, 0.717) is 5.75 Å². The first-order chi connectivity index (χ1) is 13.1. The number of hydrogen-bond donors (Lipinski definition) is 1. The first-order valence-corrected chi connectivity index (χ1v) is 12.4. The highest BCUT2D eigenvalue weighted by Gasteiger charge is 2.50. The SMILES string of the molecule is CC(C)(C)c1ccc(OP2(=O)OCC3(COP(=O)(O)OC3)CO2)c(C(C)(C)C)c1. The lowest BCUT2D eigenvalue weighted by Gasteiger charge is -2.41. The van der Waals surface area contributed by atoms with Crippen molar-refractivity contribution in [3.63, 3.8) is 0 Å². The van der Waals surface area contributed by atoms with Gasteiger partial charge in [0.1, 0.15) is 5.75 Å². The molecule has 2 aliphatic heterocycles. The normalized spacial score (nSPS) is 33.6. The molecule has 0 radical (unpaired) electrons. The van der Waals surface area contributed by atoms with Gasteiger partial charge in [0.25, 0.3) is 0 Å². The molecule has 2 heterocycles. The summed E-state index contributed by atoms with van der Waals surface area (Å²) in [7, 11) is -7.88. The first-order valence-electron chi connectivity index (χ1n) is 9.49. The minimum atomic E-state index is -4.02. The standard InChI is InChI=1S/C19H30O8P2/c1-17(2,3)14-7-8-16(15(9-14)18(4,5)6)27-29(22)25-12-19(13-26-29)10-23-28(20,21)24-11-19/h7-9H,10-13H2,1-6H3,(H,20,21). The predicted octanol–water partition coefficient (Wildman–Crippen LogP) is 4.95. The lowest BCUT2D eigenvalue weighted by atomic mass is 9.80. The van der Waals surface area contributed by atoms with Crippen molar-refractivity contribution < 1.29 is 36.6 Å². The molecule has 0 amide bonds. The van der Waals surface area contributed by atoms with Crippen LogP contribution in [-0.2, 0) is 38.1 Å². The second kappa shape index (κ2) is 7.45. The summed E-state index contributed by atoms with van der Waals surface area (Å²) < 4.78 is 50.9. The maximum Gasteiger partial charge on any atom is 0.530 e. The van der Waals surface area contributed by atoms with Crippen LogP contribution >= 0.6 is 15.6 Å². The third kappa shape index (κ3) is 5.31. The van der Waals surface area contributed by atoms with Crippen LogP contribution in [0.3, 0.4) is 0 Å². The molecule has 1 aromatic rings. The van der Waals surface area contributed by atoms with E-state index in [1.807, 2.05) is 6.07 Å². The van der Waals surface area contributed by atoms with Gasteiger partial charge in [-0.1, -0.05) is 53.7 Å². The molecular formula is C19H30O8P2. The molecule has 1 aromatic carbocycles. The van der Waals surface area contributed by atoms with Crippen LogP contribution in [0.4, 0.5) is 0 Å². The Bertz CT molecular complexity index is 842. The summed E-state index contributed by atoms with van der Waals surface area (Å²) in [6.07, 6.45) is 0. The zero-order valence-corrected chi connectivity index (χ0v) is 19.5. The van der Waals surface area contributed by atoms with E-state index in [0.717, 1.165) is 11.1 Å². The minimum absolute atomic E-state index is 0.0325. The zero-order valence-electron chi connectivity index (χ0n) is 17.8. The third-order valence-electron chi connectivity index (χ3n) is 4.99. The van der Waals surface area contributed by atoms with Crippen LogP contribution in [0.2, 0.25) is 0 Å². The highest BCUT2D eigenvalue weighted by molar-refractivity contribution is 7.49. The highest BCUT2D eigenvalue weighted by atomic mass is 31.2. The molecule has 0 aromatic heterocycles. The Morgan fingerprint density at radius 3 is 1.90 bits per heavy atom.